The molecule has 0 aliphatic carbocycles. The summed E-state index contributed by atoms with van der Waals surface area (Å²) >= 11 is 0. The van der Waals surface area contributed by atoms with E-state index in [9.17, 15) is 19.2 Å². The van der Waals surface area contributed by atoms with Crippen LogP contribution in [0, 0.1) is 11.8 Å². The van der Waals surface area contributed by atoms with Gasteiger partial charge in [-0.3, -0.25) is 24.5 Å². The van der Waals surface area contributed by atoms with Gasteiger partial charge in [-0.15, -0.1) is 0 Å². The molecule has 0 spiro atoms. The number of imide groups is 1. The van der Waals surface area contributed by atoms with Crippen LogP contribution in [0.1, 0.15) is 90.1 Å². The van der Waals surface area contributed by atoms with Crippen LogP contribution in [0.3, 0.4) is 0 Å². The average Bonchev–Trinajstić information content (AvgIpc) is 3.85. The maximum Gasteiger partial charge on any atom is 0.255 e. The highest BCUT2D eigenvalue weighted by Crippen LogP contribution is 2.41. The molecular formula is C48H57N9O5. The largest absolute Gasteiger partial charge is 0.457 e. The second-order valence-corrected chi connectivity index (χ2v) is 18.2. The van der Waals surface area contributed by atoms with E-state index in [0.717, 1.165) is 113 Å². The quantitative estimate of drug-likeness (QED) is 0.171. The molecule has 2 atom stereocenters. The van der Waals surface area contributed by atoms with Gasteiger partial charge in [0.15, 0.2) is 0 Å². The van der Waals surface area contributed by atoms with Gasteiger partial charge in [0, 0.05) is 62.0 Å². The fourth-order valence-electron chi connectivity index (χ4n) is 11.1. The number of benzene rings is 3. The number of carbonyl (C=O) groups is 4. The van der Waals surface area contributed by atoms with Crippen LogP contribution < -0.4 is 26.0 Å². The Morgan fingerprint density at radius 2 is 1.55 bits per heavy atom. The maximum absolute atomic E-state index is 13.2. The van der Waals surface area contributed by atoms with Gasteiger partial charge in [0.2, 0.25) is 11.8 Å². The van der Waals surface area contributed by atoms with E-state index in [1.807, 2.05) is 60.7 Å². The third kappa shape index (κ3) is 8.06. The number of hydrogen-bond donors (Lipinski definition) is 3. The Kier molecular flexibility index (Phi) is 11.2. The minimum atomic E-state index is -0.589. The number of para-hydroxylation sites is 1. The first kappa shape index (κ1) is 40.3. The molecule has 4 fully saturated rings. The number of ether oxygens (including phenoxy) is 1. The van der Waals surface area contributed by atoms with Gasteiger partial charge in [-0.25, -0.2) is 4.68 Å². The fourth-order valence-corrected chi connectivity index (χ4v) is 11.1. The van der Waals surface area contributed by atoms with Crippen molar-refractivity contribution in [1.29, 1.82) is 0 Å². The van der Waals surface area contributed by atoms with Crippen molar-refractivity contribution in [3.05, 3.63) is 89.5 Å². The monoisotopic (exact) mass is 839 g/mol. The van der Waals surface area contributed by atoms with Crippen LogP contribution >= 0.6 is 0 Å². The summed E-state index contributed by atoms with van der Waals surface area (Å²) < 4.78 is 8.07. The number of fused-ring (bicyclic) bond motifs is 2. The molecule has 14 nitrogen and oxygen atoms in total. The molecule has 4 N–H and O–H groups in total. The number of piperidine rings is 4. The number of aromatic nitrogens is 2. The van der Waals surface area contributed by atoms with Crippen molar-refractivity contribution in [2.45, 2.75) is 82.5 Å². The number of nitrogens with one attached hydrogen (secondary N) is 2. The molecule has 3 aromatic carbocycles. The summed E-state index contributed by atoms with van der Waals surface area (Å²) in [5.41, 5.74) is 10.7. The van der Waals surface area contributed by atoms with E-state index in [4.69, 9.17) is 15.6 Å². The summed E-state index contributed by atoms with van der Waals surface area (Å²) in [5, 5.41) is 11.0. The van der Waals surface area contributed by atoms with E-state index in [1.165, 1.54) is 12.8 Å². The normalized spacial score (nSPS) is 23.2. The Hall–Kier alpha value is -5.73. The summed E-state index contributed by atoms with van der Waals surface area (Å²) in [6.45, 7) is 8.85. The van der Waals surface area contributed by atoms with Crippen molar-refractivity contribution in [2.24, 2.45) is 17.6 Å². The van der Waals surface area contributed by atoms with Gasteiger partial charge in [-0.1, -0.05) is 18.2 Å². The molecule has 6 aliphatic rings. The third-order valence-corrected chi connectivity index (χ3v) is 14.5. The van der Waals surface area contributed by atoms with E-state index in [1.54, 1.807) is 4.90 Å². The lowest BCUT2D eigenvalue weighted by molar-refractivity contribution is -0.136. The molecular weight excluding hydrogens is 783 g/mol. The Morgan fingerprint density at radius 1 is 0.806 bits per heavy atom. The van der Waals surface area contributed by atoms with Crippen molar-refractivity contribution in [1.82, 2.24) is 29.8 Å². The number of primary amides is 1. The van der Waals surface area contributed by atoms with Crippen LogP contribution in [0.2, 0.25) is 0 Å². The van der Waals surface area contributed by atoms with E-state index in [2.05, 4.69) is 42.1 Å². The van der Waals surface area contributed by atoms with Gasteiger partial charge >= 0.3 is 0 Å². The first-order valence-corrected chi connectivity index (χ1v) is 22.7. The highest BCUT2D eigenvalue weighted by molar-refractivity contribution is 6.06. The Bertz CT molecular complexity index is 2310. The standard InChI is InChI=1S/C48H57N9O5/c49-45(59)43-44(33-6-9-38(10-7-33)62-37-4-2-1-3-5-37)52-57-40(14-21-50-46(43)57)32-17-26-54(27-18-32)35-19-22-53(23-20-35)29-31-15-24-55(25-16-31)36-8-11-39-34(28-36)30-56(48(39)61)41-12-13-42(58)51-47(41)60/h1-11,28,31-32,35,40-41,50H,12-27,29-30H2,(H2,49,59)(H,51,58,60). The van der Waals surface area contributed by atoms with Gasteiger partial charge < -0.3 is 35.4 Å². The number of nitrogens with zero attached hydrogens (tertiary/aromatic N) is 6. The van der Waals surface area contributed by atoms with Gasteiger partial charge in [-0.05, 0) is 150 Å². The third-order valence-electron chi connectivity index (χ3n) is 14.5. The van der Waals surface area contributed by atoms with Gasteiger partial charge in [0.05, 0.1) is 6.04 Å². The lowest BCUT2D eigenvalue weighted by atomic mass is 9.85. The summed E-state index contributed by atoms with van der Waals surface area (Å²) in [6, 6.07) is 23.8. The molecule has 0 saturated carbocycles. The van der Waals surface area contributed by atoms with Crippen molar-refractivity contribution < 1.29 is 23.9 Å². The molecule has 2 unspecified atom stereocenters. The fraction of sp³-hybridized carbons (Fsp3) is 0.479. The summed E-state index contributed by atoms with van der Waals surface area (Å²) in [5.74, 6) is 2.16. The summed E-state index contributed by atoms with van der Waals surface area (Å²) in [6.07, 6.45) is 8.57. The molecule has 0 radical (unpaired) electrons. The second-order valence-electron chi connectivity index (χ2n) is 18.2. The van der Waals surface area contributed by atoms with Crippen molar-refractivity contribution in [3.63, 3.8) is 0 Å². The first-order chi connectivity index (χ1) is 30.3. The molecule has 1 aromatic heterocycles. The van der Waals surface area contributed by atoms with Crippen LogP contribution in [0.4, 0.5) is 11.5 Å². The van der Waals surface area contributed by atoms with Crippen molar-refractivity contribution in [3.8, 4) is 22.8 Å². The van der Waals surface area contributed by atoms with Crippen LogP contribution in [0.25, 0.3) is 11.3 Å². The smallest absolute Gasteiger partial charge is 0.255 e. The Labute approximate surface area is 362 Å². The summed E-state index contributed by atoms with van der Waals surface area (Å²) in [7, 11) is 0. The molecule has 14 heteroatoms. The van der Waals surface area contributed by atoms with Gasteiger partial charge in [0.1, 0.15) is 34.6 Å². The van der Waals surface area contributed by atoms with Crippen LogP contribution in [0.5, 0.6) is 11.5 Å². The predicted octanol–water partition coefficient (Wildman–Crippen LogP) is 5.65. The summed E-state index contributed by atoms with van der Waals surface area (Å²) in [4.78, 5) is 59.8. The number of carbonyl (C=O) groups excluding carboxylic acids is 4. The molecule has 324 valence electrons. The Balaban J connectivity index is 0.690. The maximum atomic E-state index is 13.2. The van der Waals surface area contributed by atoms with E-state index in [-0.39, 0.29) is 30.2 Å². The number of anilines is 2. The molecule has 4 saturated heterocycles. The second kappa shape index (κ2) is 17.2. The minimum absolute atomic E-state index is 0.122. The molecule has 0 bridgehead atoms. The number of rotatable bonds is 10. The zero-order chi connectivity index (χ0) is 42.3. The molecule has 10 rings (SSSR count). The topological polar surface area (TPSA) is 158 Å². The number of likely N-dealkylation sites (tertiary alicyclic amines) is 2. The van der Waals surface area contributed by atoms with Crippen LogP contribution in [-0.2, 0) is 16.1 Å². The number of amides is 4. The molecule has 62 heavy (non-hydrogen) atoms. The highest BCUT2D eigenvalue weighted by atomic mass is 16.5. The van der Waals surface area contributed by atoms with E-state index in [0.29, 0.717) is 53.4 Å². The average molecular weight is 840 g/mol. The Morgan fingerprint density at radius 3 is 2.27 bits per heavy atom. The van der Waals surface area contributed by atoms with E-state index >= 15 is 0 Å². The first-order valence-electron chi connectivity index (χ1n) is 22.7. The SMILES string of the molecule is NC(=O)c1c(-c2ccc(Oc3ccccc3)cc2)nn2c1NCCC2C1CCN(C2CCN(CC3CCN(c4ccc5c(c4)CN(C4CCC(=O)NC4=O)C5=O)CC3)CC2)CC1. The van der Waals surface area contributed by atoms with Crippen molar-refractivity contribution in [2.75, 3.05) is 62.6 Å². The number of nitrogens with two attached hydrogens (primary N) is 1. The van der Waals surface area contributed by atoms with Crippen LogP contribution in [0.15, 0.2) is 72.8 Å². The number of hydrogen-bond acceptors (Lipinski definition) is 10. The molecule has 7 heterocycles. The predicted molar refractivity (Wildman–Crippen MR) is 236 cm³/mol. The molecule has 4 amide bonds. The van der Waals surface area contributed by atoms with Gasteiger partial charge in [0.25, 0.3) is 11.8 Å². The lowest BCUT2D eigenvalue weighted by Crippen LogP contribution is -2.52. The van der Waals surface area contributed by atoms with E-state index < -0.39 is 11.9 Å². The molecule has 4 aromatic rings. The lowest BCUT2D eigenvalue weighted by Gasteiger charge is -2.44. The van der Waals surface area contributed by atoms with Crippen LogP contribution in [-0.4, -0.2) is 113 Å². The van der Waals surface area contributed by atoms with Gasteiger partial charge in [-0.2, -0.15) is 5.10 Å². The highest BCUT2D eigenvalue weighted by Gasteiger charge is 2.40. The zero-order valence-electron chi connectivity index (χ0n) is 35.3. The zero-order valence-corrected chi connectivity index (χ0v) is 35.3. The molecule has 6 aliphatic heterocycles. The minimum Gasteiger partial charge on any atom is -0.457 e. The van der Waals surface area contributed by atoms with Crippen molar-refractivity contribution >= 4 is 35.1 Å².